The van der Waals surface area contributed by atoms with Crippen molar-refractivity contribution in [2.45, 2.75) is 45.6 Å². The van der Waals surface area contributed by atoms with Gasteiger partial charge in [0.25, 0.3) is 0 Å². The second-order valence-electron chi connectivity index (χ2n) is 3.96. The van der Waals surface area contributed by atoms with Gasteiger partial charge in [-0.25, -0.2) is 0 Å². The quantitative estimate of drug-likeness (QED) is 0.592. The lowest BCUT2D eigenvalue weighted by Crippen LogP contribution is -2.11. The van der Waals surface area contributed by atoms with Crippen LogP contribution in [0.5, 0.6) is 0 Å². The van der Waals surface area contributed by atoms with Crippen molar-refractivity contribution in [2.75, 3.05) is 0 Å². The maximum Gasteiger partial charge on any atom is 0.117 e. The second kappa shape index (κ2) is 4.52. The molecule has 1 nitrogen and oxygen atoms in total. The lowest BCUT2D eigenvalue weighted by molar-refractivity contribution is 0.181. The Morgan fingerprint density at radius 2 is 1.83 bits per heavy atom. The standard InChI is InChI=1S/C11H18O/c1-9(2)11(12)8-7-10-5-3-4-6-10/h9-12H,3-6H2,1-2H3/t11-/m0/s1. The molecule has 1 atom stereocenters. The third-order valence-corrected chi connectivity index (χ3v) is 2.42. The van der Waals surface area contributed by atoms with Crippen LogP contribution < -0.4 is 0 Å². The zero-order valence-corrected chi connectivity index (χ0v) is 8.01. The van der Waals surface area contributed by atoms with E-state index < -0.39 is 6.10 Å². The topological polar surface area (TPSA) is 20.2 Å². The third-order valence-electron chi connectivity index (χ3n) is 2.42. The first kappa shape index (κ1) is 9.61. The number of rotatable bonds is 1. The summed E-state index contributed by atoms with van der Waals surface area (Å²) in [5, 5.41) is 9.41. The van der Waals surface area contributed by atoms with Crippen molar-refractivity contribution in [3.8, 4) is 11.8 Å². The lowest BCUT2D eigenvalue weighted by Gasteiger charge is -2.06. The second-order valence-corrected chi connectivity index (χ2v) is 3.96. The SMILES string of the molecule is CC(C)[C@@H](O)C#CC1CCCC1. The Morgan fingerprint density at radius 3 is 2.33 bits per heavy atom. The van der Waals surface area contributed by atoms with E-state index in [9.17, 15) is 5.11 Å². The van der Waals surface area contributed by atoms with Gasteiger partial charge in [0.2, 0.25) is 0 Å². The van der Waals surface area contributed by atoms with E-state index in [1.165, 1.54) is 25.7 Å². The number of aliphatic hydroxyl groups excluding tert-OH is 1. The lowest BCUT2D eigenvalue weighted by atomic mass is 10.1. The van der Waals surface area contributed by atoms with E-state index in [0.29, 0.717) is 5.92 Å². The van der Waals surface area contributed by atoms with Crippen LogP contribution in [0.15, 0.2) is 0 Å². The molecular formula is C11H18O. The Kier molecular flexibility index (Phi) is 3.62. The molecule has 1 heteroatoms. The van der Waals surface area contributed by atoms with E-state index in [2.05, 4.69) is 11.8 Å². The van der Waals surface area contributed by atoms with Crippen molar-refractivity contribution in [1.29, 1.82) is 0 Å². The summed E-state index contributed by atoms with van der Waals surface area (Å²) >= 11 is 0. The van der Waals surface area contributed by atoms with Crippen molar-refractivity contribution in [1.82, 2.24) is 0 Å². The van der Waals surface area contributed by atoms with Crippen molar-refractivity contribution in [3.63, 3.8) is 0 Å². The normalized spacial score (nSPS) is 20.7. The van der Waals surface area contributed by atoms with Gasteiger partial charge in [0, 0.05) is 5.92 Å². The van der Waals surface area contributed by atoms with Crippen molar-refractivity contribution in [2.24, 2.45) is 11.8 Å². The molecule has 1 fully saturated rings. The molecule has 68 valence electrons. The summed E-state index contributed by atoms with van der Waals surface area (Å²) in [6.07, 6.45) is 4.68. The molecule has 0 aromatic heterocycles. The molecule has 1 saturated carbocycles. The molecule has 12 heavy (non-hydrogen) atoms. The number of hydrogen-bond donors (Lipinski definition) is 1. The fourth-order valence-corrected chi connectivity index (χ4v) is 1.44. The summed E-state index contributed by atoms with van der Waals surface area (Å²) in [4.78, 5) is 0. The van der Waals surface area contributed by atoms with Crippen LogP contribution in [-0.4, -0.2) is 11.2 Å². The molecule has 0 amide bonds. The van der Waals surface area contributed by atoms with E-state index in [4.69, 9.17) is 0 Å². The van der Waals surface area contributed by atoms with Gasteiger partial charge in [-0.1, -0.05) is 38.5 Å². The van der Waals surface area contributed by atoms with Crippen molar-refractivity contribution < 1.29 is 5.11 Å². The van der Waals surface area contributed by atoms with Gasteiger partial charge in [-0.15, -0.1) is 0 Å². The van der Waals surface area contributed by atoms with Crippen LogP contribution in [0.3, 0.4) is 0 Å². The summed E-state index contributed by atoms with van der Waals surface area (Å²) in [5.74, 6) is 6.92. The minimum absolute atomic E-state index is 0.263. The molecule has 0 radical (unpaired) electrons. The van der Waals surface area contributed by atoms with Crippen LogP contribution in [-0.2, 0) is 0 Å². The summed E-state index contributed by atoms with van der Waals surface area (Å²) in [7, 11) is 0. The molecule has 1 aliphatic rings. The van der Waals surface area contributed by atoms with Gasteiger partial charge in [-0.2, -0.15) is 0 Å². The molecule has 1 rings (SSSR count). The van der Waals surface area contributed by atoms with Crippen LogP contribution >= 0.6 is 0 Å². The summed E-state index contributed by atoms with van der Waals surface area (Å²) in [6, 6.07) is 0. The molecule has 0 bridgehead atoms. The van der Waals surface area contributed by atoms with E-state index in [-0.39, 0.29) is 5.92 Å². The molecule has 0 unspecified atom stereocenters. The summed E-state index contributed by atoms with van der Waals surface area (Å²) in [6.45, 7) is 3.99. The molecule has 0 aromatic carbocycles. The highest BCUT2D eigenvalue weighted by atomic mass is 16.3. The van der Waals surface area contributed by atoms with Gasteiger partial charge in [0.05, 0.1) is 0 Å². The Morgan fingerprint density at radius 1 is 1.25 bits per heavy atom. The average Bonchev–Trinajstić information content (AvgIpc) is 2.51. The van der Waals surface area contributed by atoms with Crippen molar-refractivity contribution >= 4 is 0 Å². The summed E-state index contributed by atoms with van der Waals surface area (Å²) in [5.41, 5.74) is 0. The molecule has 1 aliphatic carbocycles. The first-order valence-corrected chi connectivity index (χ1v) is 4.89. The molecule has 0 spiro atoms. The first-order valence-electron chi connectivity index (χ1n) is 4.89. The fraction of sp³-hybridized carbons (Fsp3) is 0.818. The zero-order chi connectivity index (χ0) is 8.97. The van der Waals surface area contributed by atoms with Gasteiger partial charge in [0.1, 0.15) is 6.10 Å². The minimum atomic E-state index is -0.425. The van der Waals surface area contributed by atoms with Crippen LogP contribution in [0.4, 0.5) is 0 Å². The third kappa shape index (κ3) is 2.87. The highest BCUT2D eigenvalue weighted by Crippen LogP contribution is 2.23. The van der Waals surface area contributed by atoms with Crippen LogP contribution in [0.2, 0.25) is 0 Å². The predicted molar refractivity (Wildman–Crippen MR) is 50.6 cm³/mol. The number of hydrogen-bond acceptors (Lipinski definition) is 1. The fourth-order valence-electron chi connectivity index (χ4n) is 1.44. The largest absolute Gasteiger partial charge is 0.380 e. The average molecular weight is 166 g/mol. The van der Waals surface area contributed by atoms with Crippen LogP contribution in [0.25, 0.3) is 0 Å². The van der Waals surface area contributed by atoms with Gasteiger partial charge < -0.3 is 5.11 Å². The zero-order valence-electron chi connectivity index (χ0n) is 8.01. The molecule has 1 N–H and O–H groups in total. The van der Waals surface area contributed by atoms with Crippen LogP contribution in [0, 0.1) is 23.7 Å². The van der Waals surface area contributed by atoms with Gasteiger partial charge in [-0.3, -0.25) is 0 Å². The Hall–Kier alpha value is -0.480. The maximum atomic E-state index is 9.41. The Bertz CT molecular complexity index is 173. The smallest absolute Gasteiger partial charge is 0.117 e. The first-order chi connectivity index (χ1) is 5.70. The van der Waals surface area contributed by atoms with E-state index in [1.807, 2.05) is 13.8 Å². The molecule has 0 aliphatic heterocycles. The van der Waals surface area contributed by atoms with Crippen LogP contribution in [0.1, 0.15) is 39.5 Å². The maximum absolute atomic E-state index is 9.41. The molecular weight excluding hydrogens is 148 g/mol. The van der Waals surface area contributed by atoms with E-state index in [0.717, 1.165) is 0 Å². The van der Waals surface area contributed by atoms with Gasteiger partial charge >= 0.3 is 0 Å². The molecule has 0 heterocycles. The predicted octanol–water partition coefficient (Wildman–Crippen LogP) is 2.20. The monoisotopic (exact) mass is 166 g/mol. The van der Waals surface area contributed by atoms with Gasteiger partial charge in [0.15, 0.2) is 0 Å². The van der Waals surface area contributed by atoms with E-state index >= 15 is 0 Å². The molecule has 0 aromatic rings. The minimum Gasteiger partial charge on any atom is -0.380 e. The van der Waals surface area contributed by atoms with E-state index in [1.54, 1.807) is 0 Å². The summed E-state index contributed by atoms with van der Waals surface area (Å²) < 4.78 is 0. The Balaban J connectivity index is 2.35. The number of aliphatic hydroxyl groups is 1. The van der Waals surface area contributed by atoms with Crippen molar-refractivity contribution in [3.05, 3.63) is 0 Å². The highest BCUT2D eigenvalue weighted by Gasteiger charge is 2.12. The van der Waals surface area contributed by atoms with Gasteiger partial charge in [-0.05, 0) is 18.8 Å². The Labute approximate surface area is 75.2 Å². The molecule has 0 saturated heterocycles. The highest BCUT2D eigenvalue weighted by molar-refractivity contribution is 5.09.